The lowest BCUT2D eigenvalue weighted by Gasteiger charge is -2.44. The third-order valence-electron chi connectivity index (χ3n) is 3.51. The van der Waals surface area contributed by atoms with Crippen molar-refractivity contribution in [3.8, 4) is 0 Å². The first kappa shape index (κ1) is 5.40. The number of rotatable bonds is 0. The Kier molecular flexibility index (Phi) is 0.898. The van der Waals surface area contributed by atoms with E-state index in [1.807, 2.05) is 5.57 Å². The zero-order valence-electron chi connectivity index (χ0n) is 6.34. The molecule has 54 valence electrons. The molecule has 0 aromatic carbocycles. The van der Waals surface area contributed by atoms with Gasteiger partial charge < -0.3 is 0 Å². The van der Waals surface area contributed by atoms with Crippen LogP contribution in [0.2, 0.25) is 0 Å². The lowest BCUT2D eigenvalue weighted by atomic mass is 9.61. The Balaban J connectivity index is 2.04. The van der Waals surface area contributed by atoms with Crippen LogP contribution in [0.4, 0.5) is 0 Å². The van der Waals surface area contributed by atoms with E-state index in [1.165, 1.54) is 25.7 Å². The number of hydrogen-bond donors (Lipinski definition) is 0. The Morgan fingerprint density at radius 1 is 1.00 bits per heavy atom. The Bertz CT molecular complexity index is 174. The van der Waals surface area contributed by atoms with Crippen LogP contribution >= 0.6 is 0 Å². The fourth-order valence-corrected chi connectivity index (χ4v) is 3.38. The van der Waals surface area contributed by atoms with Crippen molar-refractivity contribution < 1.29 is 0 Å². The smallest absolute Gasteiger partial charge is 0.0225 e. The second kappa shape index (κ2) is 1.66. The summed E-state index contributed by atoms with van der Waals surface area (Å²) >= 11 is 0. The predicted octanol–water partition coefficient (Wildman–Crippen LogP) is 2.75. The topological polar surface area (TPSA) is 0 Å². The van der Waals surface area contributed by atoms with Crippen molar-refractivity contribution in [3.63, 3.8) is 0 Å². The summed E-state index contributed by atoms with van der Waals surface area (Å²) in [6.07, 6.45) is 10.1. The molecule has 2 unspecified atom stereocenters. The molecule has 0 heteroatoms. The Labute approximate surface area is 62.3 Å². The molecule has 4 bridgehead atoms. The van der Waals surface area contributed by atoms with Gasteiger partial charge in [-0.05, 0) is 49.9 Å². The summed E-state index contributed by atoms with van der Waals surface area (Å²) in [6, 6.07) is 0. The van der Waals surface area contributed by atoms with Gasteiger partial charge in [0.25, 0.3) is 0 Å². The van der Waals surface area contributed by atoms with E-state index in [-0.39, 0.29) is 0 Å². The summed E-state index contributed by atoms with van der Waals surface area (Å²) in [5.41, 5.74) is 1.81. The van der Waals surface area contributed by atoms with Crippen LogP contribution in [-0.2, 0) is 0 Å². The highest BCUT2D eigenvalue weighted by molar-refractivity contribution is 5.17. The third-order valence-corrected chi connectivity index (χ3v) is 3.51. The van der Waals surface area contributed by atoms with Gasteiger partial charge in [0.05, 0.1) is 0 Å². The molecule has 0 aromatic heterocycles. The van der Waals surface area contributed by atoms with Crippen molar-refractivity contribution in [1.29, 1.82) is 0 Å². The van der Waals surface area contributed by atoms with Gasteiger partial charge in [0.15, 0.2) is 0 Å². The van der Waals surface area contributed by atoms with E-state index in [1.54, 1.807) is 6.42 Å². The first-order valence-corrected chi connectivity index (χ1v) is 4.60. The minimum absolute atomic E-state index is 1.02. The van der Waals surface area contributed by atoms with E-state index in [9.17, 15) is 0 Å². The van der Waals surface area contributed by atoms with E-state index < -0.39 is 0 Å². The molecule has 0 nitrogen and oxygen atoms in total. The fraction of sp³-hybridized carbons (Fsp3) is 0.800. The summed E-state index contributed by atoms with van der Waals surface area (Å²) in [6.45, 7) is 0. The van der Waals surface area contributed by atoms with Crippen LogP contribution in [0.25, 0.3) is 0 Å². The van der Waals surface area contributed by atoms with Gasteiger partial charge in [-0.1, -0.05) is 11.6 Å². The monoisotopic (exact) mass is 134 g/mol. The molecule has 0 radical (unpaired) electrons. The standard InChI is InChI=1S/C10H14/c1-7-2-9-4-8(1)5-10(3-7)6-9/h1,7,9-10H,2-6H2. The maximum Gasteiger partial charge on any atom is -0.0225 e. The molecule has 0 N–H and O–H groups in total. The quantitative estimate of drug-likeness (QED) is 0.447. The Morgan fingerprint density at radius 2 is 1.70 bits per heavy atom. The van der Waals surface area contributed by atoms with Crippen LogP contribution in [0, 0.1) is 17.8 Å². The van der Waals surface area contributed by atoms with E-state index in [0.717, 1.165) is 17.8 Å². The van der Waals surface area contributed by atoms with Gasteiger partial charge in [0, 0.05) is 0 Å². The molecular formula is C10H14. The van der Waals surface area contributed by atoms with Crippen molar-refractivity contribution in [3.05, 3.63) is 11.6 Å². The van der Waals surface area contributed by atoms with E-state index in [4.69, 9.17) is 0 Å². The Hall–Kier alpha value is -0.260. The maximum atomic E-state index is 2.58. The van der Waals surface area contributed by atoms with Crippen molar-refractivity contribution in [2.75, 3.05) is 0 Å². The van der Waals surface area contributed by atoms with Gasteiger partial charge in [-0.15, -0.1) is 0 Å². The molecule has 4 rings (SSSR count). The first-order chi connectivity index (χ1) is 4.90. The van der Waals surface area contributed by atoms with Gasteiger partial charge in [-0.25, -0.2) is 0 Å². The van der Waals surface area contributed by atoms with E-state index >= 15 is 0 Å². The lowest BCUT2D eigenvalue weighted by Crippen LogP contribution is -2.31. The largest absolute Gasteiger partial charge is 0.0822 e. The van der Waals surface area contributed by atoms with Crippen LogP contribution in [0.15, 0.2) is 11.6 Å². The molecule has 0 aliphatic heterocycles. The summed E-state index contributed by atoms with van der Waals surface area (Å²) in [5.74, 6) is 3.23. The van der Waals surface area contributed by atoms with Crippen LogP contribution < -0.4 is 0 Å². The average Bonchev–Trinajstić information content (AvgIpc) is 1.82. The minimum atomic E-state index is 1.02. The molecule has 2 saturated carbocycles. The molecule has 2 atom stereocenters. The molecule has 4 aliphatic carbocycles. The van der Waals surface area contributed by atoms with Gasteiger partial charge in [-0.3, -0.25) is 0 Å². The molecule has 0 heterocycles. The van der Waals surface area contributed by atoms with Gasteiger partial charge in [0.2, 0.25) is 0 Å². The minimum Gasteiger partial charge on any atom is -0.0822 e. The third kappa shape index (κ3) is 0.624. The van der Waals surface area contributed by atoms with Crippen LogP contribution in [0.1, 0.15) is 32.1 Å². The summed E-state index contributed by atoms with van der Waals surface area (Å²) < 4.78 is 0. The van der Waals surface area contributed by atoms with E-state index in [0.29, 0.717) is 0 Å². The Morgan fingerprint density at radius 3 is 2.20 bits per heavy atom. The summed E-state index contributed by atoms with van der Waals surface area (Å²) in [7, 11) is 0. The number of allylic oxidation sites excluding steroid dienone is 2. The van der Waals surface area contributed by atoms with Gasteiger partial charge in [0.1, 0.15) is 0 Å². The molecular weight excluding hydrogens is 120 g/mol. The van der Waals surface area contributed by atoms with E-state index in [2.05, 4.69) is 6.08 Å². The molecule has 10 heavy (non-hydrogen) atoms. The second-order valence-electron chi connectivity index (χ2n) is 4.43. The van der Waals surface area contributed by atoms with Crippen LogP contribution in [0.3, 0.4) is 0 Å². The second-order valence-corrected chi connectivity index (χ2v) is 4.43. The van der Waals surface area contributed by atoms with Crippen molar-refractivity contribution in [1.82, 2.24) is 0 Å². The normalized spacial score (nSPS) is 49.6. The maximum absolute atomic E-state index is 2.58. The SMILES string of the molecule is C1=C2CC3CC1CC(C2)C3. The molecule has 4 aliphatic rings. The van der Waals surface area contributed by atoms with Gasteiger partial charge in [-0.2, -0.15) is 0 Å². The summed E-state index contributed by atoms with van der Waals surface area (Å²) in [5, 5.41) is 0. The molecule has 0 amide bonds. The van der Waals surface area contributed by atoms with Crippen LogP contribution in [-0.4, -0.2) is 0 Å². The first-order valence-electron chi connectivity index (χ1n) is 4.60. The predicted molar refractivity (Wildman–Crippen MR) is 41.6 cm³/mol. The molecule has 0 saturated heterocycles. The fourth-order valence-electron chi connectivity index (χ4n) is 3.38. The highest BCUT2D eigenvalue weighted by Gasteiger charge is 2.36. The molecule has 0 spiro atoms. The zero-order valence-corrected chi connectivity index (χ0v) is 6.34. The molecule has 2 fully saturated rings. The average molecular weight is 134 g/mol. The van der Waals surface area contributed by atoms with Crippen molar-refractivity contribution in [2.45, 2.75) is 32.1 Å². The number of hydrogen-bond acceptors (Lipinski definition) is 0. The molecule has 0 aromatic rings. The van der Waals surface area contributed by atoms with Gasteiger partial charge >= 0.3 is 0 Å². The zero-order chi connectivity index (χ0) is 6.55. The lowest BCUT2D eigenvalue weighted by molar-refractivity contribution is 0.168. The van der Waals surface area contributed by atoms with Crippen molar-refractivity contribution >= 4 is 0 Å². The highest BCUT2D eigenvalue weighted by atomic mass is 14.4. The van der Waals surface area contributed by atoms with Crippen molar-refractivity contribution in [2.24, 2.45) is 17.8 Å². The van der Waals surface area contributed by atoms with Crippen LogP contribution in [0.5, 0.6) is 0 Å². The summed E-state index contributed by atoms with van der Waals surface area (Å²) in [4.78, 5) is 0. The highest BCUT2D eigenvalue weighted by Crippen LogP contribution is 2.49.